The second-order valence-corrected chi connectivity index (χ2v) is 14.3. The fourth-order valence-electron chi connectivity index (χ4n) is 5.07. The number of sulfonamides is 1. The van der Waals surface area contributed by atoms with Crippen LogP contribution >= 0.6 is 0 Å². The highest BCUT2D eigenvalue weighted by Crippen LogP contribution is 2.38. The molecule has 0 aliphatic heterocycles. The number of rotatable bonds is 10. The number of hydrazine groups is 1. The van der Waals surface area contributed by atoms with Crippen molar-refractivity contribution in [1.82, 2.24) is 20.7 Å². The van der Waals surface area contributed by atoms with Gasteiger partial charge in [0.25, 0.3) is 11.8 Å². The van der Waals surface area contributed by atoms with Crippen LogP contribution in [-0.4, -0.2) is 79.3 Å². The first kappa shape index (κ1) is 32.6. The molecule has 2 aromatic rings. The highest BCUT2D eigenvalue weighted by molar-refractivity contribution is 7.92. The third-order valence-corrected chi connectivity index (χ3v) is 8.76. The van der Waals surface area contributed by atoms with Crippen LogP contribution in [0, 0.1) is 11.8 Å². The first-order valence-electron chi connectivity index (χ1n) is 13.7. The second kappa shape index (κ2) is 12.2. The van der Waals surface area contributed by atoms with Crippen LogP contribution in [0.4, 0.5) is 16.4 Å². The zero-order valence-corrected chi connectivity index (χ0v) is 26.3. The summed E-state index contributed by atoms with van der Waals surface area (Å²) in [6, 6.07) is 11.8. The molecule has 12 nitrogen and oxygen atoms in total. The number of carboxylic acid groups (broad SMARTS) is 1. The Balaban J connectivity index is 1.92. The van der Waals surface area contributed by atoms with Crippen LogP contribution < -0.4 is 20.1 Å². The largest absolute Gasteiger partial charge is 0.465 e. The van der Waals surface area contributed by atoms with E-state index < -0.39 is 39.0 Å². The number of hydrogen-bond acceptors (Lipinski definition) is 7. The summed E-state index contributed by atoms with van der Waals surface area (Å²) in [4.78, 5) is 46.9. The third kappa shape index (κ3) is 7.69. The van der Waals surface area contributed by atoms with Gasteiger partial charge in [0.2, 0.25) is 10.0 Å². The summed E-state index contributed by atoms with van der Waals surface area (Å²) in [6.45, 7) is 9.42. The Kier molecular flexibility index (Phi) is 9.45. The molecule has 3 N–H and O–H groups in total. The molecule has 1 saturated carbocycles. The predicted molar refractivity (Wildman–Crippen MR) is 162 cm³/mol. The quantitative estimate of drug-likeness (QED) is 0.351. The Morgan fingerprint density at radius 3 is 2.10 bits per heavy atom. The minimum atomic E-state index is -3.68. The molecule has 3 rings (SSSR count). The Morgan fingerprint density at radius 2 is 1.60 bits per heavy atom. The summed E-state index contributed by atoms with van der Waals surface area (Å²) in [7, 11) is -0.511. The van der Waals surface area contributed by atoms with Crippen molar-refractivity contribution in [3.63, 3.8) is 0 Å². The van der Waals surface area contributed by atoms with Gasteiger partial charge < -0.3 is 10.0 Å². The fourth-order valence-corrected chi connectivity index (χ4v) is 5.50. The lowest BCUT2D eigenvalue weighted by atomic mass is 9.86. The van der Waals surface area contributed by atoms with E-state index in [1.807, 2.05) is 18.0 Å². The highest BCUT2D eigenvalue weighted by atomic mass is 32.2. The van der Waals surface area contributed by atoms with E-state index in [1.54, 1.807) is 45.0 Å². The van der Waals surface area contributed by atoms with Crippen LogP contribution in [0.1, 0.15) is 57.0 Å². The predicted octanol–water partition coefficient (Wildman–Crippen LogP) is 3.11. The molecular formula is C29H42N6O6S. The molecule has 0 saturated heterocycles. The van der Waals surface area contributed by atoms with E-state index in [0.717, 1.165) is 27.4 Å². The smallest absolute Gasteiger partial charge is 0.408 e. The van der Waals surface area contributed by atoms with E-state index in [0.29, 0.717) is 24.2 Å². The molecule has 1 fully saturated rings. The van der Waals surface area contributed by atoms with Gasteiger partial charge in [0.15, 0.2) is 0 Å². The molecule has 230 valence electrons. The van der Waals surface area contributed by atoms with Crippen LogP contribution in [0.5, 0.6) is 0 Å². The Morgan fingerprint density at radius 1 is 1.02 bits per heavy atom. The summed E-state index contributed by atoms with van der Waals surface area (Å²) in [5.74, 6) is 0.0451. The maximum atomic E-state index is 13.7. The van der Waals surface area contributed by atoms with Crippen LogP contribution in [0.25, 0.3) is 0 Å². The average Bonchev–Trinajstić information content (AvgIpc) is 3.58. The molecule has 3 amide bonds. The second-order valence-electron chi connectivity index (χ2n) is 12.3. The molecule has 1 heterocycles. The van der Waals surface area contributed by atoms with E-state index in [1.165, 1.54) is 26.1 Å². The molecule has 1 aromatic carbocycles. The monoisotopic (exact) mass is 602 g/mol. The number of carbonyl (C=O) groups excluding carboxylic acids is 2. The number of nitrogens with one attached hydrogen (secondary N) is 2. The number of nitrogens with zero attached hydrogens (tertiary/aromatic N) is 4. The van der Waals surface area contributed by atoms with Gasteiger partial charge >= 0.3 is 6.09 Å². The molecule has 13 heteroatoms. The number of aromatic nitrogens is 1. The van der Waals surface area contributed by atoms with Crippen molar-refractivity contribution in [2.45, 2.75) is 58.5 Å². The van der Waals surface area contributed by atoms with E-state index in [4.69, 9.17) is 0 Å². The van der Waals surface area contributed by atoms with E-state index >= 15 is 0 Å². The number of anilines is 2. The van der Waals surface area contributed by atoms with Crippen molar-refractivity contribution < 1.29 is 27.9 Å². The third-order valence-electron chi connectivity index (χ3n) is 7.58. The maximum Gasteiger partial charge on any atom is 0.408 e. The highest BCUT2D eigenvalue weighted by Gasteiger charge is 2.48. The summed E-state index contributed by atoms with van der Waals surface area (Å²) in [5, 5.41) is 10.1. The van der Waals surface area contributed by atoms with Gasteiger partial charge in [-0.05, 0) is 63.6 Å². The first-order valence-corrected chi connectivity index (χ1v) is 15.5. The normalized spacial score (nSPS) is 17.9. The molecular weight excluding hydrogens is 560 g/mol. The van der Waals surface area contributed by atoms with Gasteiger partial charge in [-0.2, -0.15) is 0 Å². The van der Waals surface area contributed by atoms with Crippen LogP contribution in [0.3, 0.4) is 0 Å². The first-order chi connectivity index (χ1) is 19.3. The van der Waals surface area contributed by atoms with E-state index in [2.05, 4.69) is 22.8 Å². The number of benzene rings is 1. The summed E-state index contributed by atoms with van der Waals surface area (Å²) in [6.07, 6.45) is 0.874. The molecule has 0 spiro atoms. The summed E-state index contributed by atoms with van der Waals surface area (Å²) >= 11 is 0. The zero-order chi connectivity index (χ0) is 31.6. The molecule has 3 atom stereocenters. The minimum Gasteiger partial charge on any atom is -0.465 e. The van der Waals surface area contributed by atoms with Gasteiger partial charge in [-0.25, -0.2) is 18.2 Å². The number of hydrogen-bond donors (Lipinski definition) is 3. The zero-order valence-electron chi connectivity index (χ0n) is 25.5. The molecule has 1 aliphatic rings. The average molecular weight is 603 g/mol. The summed E-state index contributed by atoms with van der Waals surface area (Å²) < 4.78 is 25.5. The lowest BCUT2D eigenvalue weighted by Gasteiger charge is -2.45. The fraction of sp³-hybridized carbons (Fsp3) is 0.517. The minimum absolute atomic E-state index is 0.0425. The Labute approximate surface area is 248 Å². The maximum absolute atomic E-state index is 13.7. The van der Waals surface area contributed by atoms with Crippen molar-refractivity contribution in [1.29, 1.82) is 0 Å². The molecule has 3 unspecified atom stereocenters. The van der Waals surface area contributed by atoms with Crippen LogP contribution in [-0.2, 0) is 21.2 Å². The van der Waals surface area contributed by atoms with Crippen molar-refractivity contribution >= 4 is 39.6 Å². The van der Waals surface area contributed by atoms with Crippen LogP contribution in [0.2, 0.25) is 0 Å². The van der Waals surface area contributed by atoms with Crippen molar-refractivity contribution in [2.24, 2.45) is 11.8 Å². The Hall–Kier alpha value is -3.87. The Bertz CT molecular complexity index is 1430. The van der Waals surface area contributed by atoms with Gasteiger partial charge in [-0.3, -0.25) is 29.6 Å². The number of amides is 3. The van der Waals surface area contributed by atoms with Gasteiger partial charge in [0.05, 0.1) is 6.26 Å². The van der Waals surface area contributed by atoms with Crippen LogP contribution in [0.15, 0.2) is 42.5 Å². The lowest BCUT2D eigenvalue weighted by Crippen LogP contribution is -2.67. The lowest BCUT2D eigenvalue weighted by molar-refractivity contribution is -0.135. The van der Waals surface area contributed by atoms with Gasteiger partial charge in [-0.1, -0.05) is 37.3 Å². The van der Waals surface area contributed by atoms with Gasteiger partial charge in [0, 0.05) is 38.2 Å². The van der Waals surface area contributed by atoms with Gasteiger partial charge in [0.1, 0.15) is 17.2 Å². The molecule has 1 aromatic heterocycles. The molecule has 1 aliphatic carbocycles. The molecule has 0 radical (unpaired) electrons. The van der Waals surface area contributed by atoms with Crippen molar-refractivity contribution in [2.75, 3.05) is 36.1 Å². The molecule has 0 bridgehead atoms. The van der Waals surface area contributed by atoms with Crippen molar-refractivity contribution in [3.05, 3.63) is 53.6 Å². The molecule has 42 heavy (non-hydrogen) atoms. The topological polar surface area (TPSA) is 152 Å². The SMILES string of the molecule is CC1CC1CN(C)c1cc(C(=O)NNC(=O)C(C)(Cc2ccccc2)N(C(=O)O)C(C)(C)C)cc(N(C)S(C)(=O)=O)n1. The van der Waals surface area contributed by atoms with E-state index in [9.17, 15) is 27.9 Å². The number of carbonyl (C=O) groups is 3. The van der Waals surface area contributed by atoms with Crippen molar-refractivity contribution in [3.8, 4) is 0 Å². The standard InChI is InChI=1S/C29H42N6O6S/c1-19-14-22(19)18-33(6)23-15-21(16-24(30-23)34(7)42(8,40)41)25(36)31-32-26(37)29(5,17-20-12-10-9-11-13-20)35(27(38)39)28(2,3)4/h9-13,15-16,19,22H,14,17-18H2,1-8H3,(H,31,36)(H,32,37)(H,38,39). The number of pyridine rings is 1. The van der Waals surface area contributed by atoms with Gasteiger partial charge in [-0.15, -0.1) is 0 Å². The summed E-state index contributed by atoms with van der Waals surface area (Å²) in [5.41, 5.74) is 3.05. The van der Waals surface area contributed by atoms with E-state index in [-0.39, 0.29) is 17.8 Å².